The number of amides is 1. The number of hydrogen-bond acceptors (Lipinski definition) is 3. The van der Waals surface area contributed by atoms with Crippen LogP contribution >= 0.6 is 27.3 Å². The Labute approximate surface area is 140 Å². The van der Waals surface area contributed by atoms with E-state index in [2.05, 4.69) is 15.9 Å². The van der Waals surface area contributed by atoms with Gasteiger partial charge in [0.15, 0.2) is 0 Å². The van der Waals surface area contributed by atoms with E-state index in [-0.39, 0.29) is 18.4 Å². The van der Waals surface area contributed by atoms with Crippen LogP contribution in [0.15, 0.2) is 46.3 Å². The first-order valence-electron chi connectivity index (χ1n) is 6.87. The van der Waals surface area contributed by atoms with E-state index in [0.29, 0.717) is 11.4 Å². The van der Waals surface area contributed by atoms with Gasteiger partial charge >= 0.3 is 5.97 Å². The summed E-state index contributed by atoms with van der Waals surface area (Å²) in [6.07, 6.45) is 0. The molecule has 1 aliphatic heterocycles. The molecule has 3 rings (SSSR count). The van der Waals surface area contributed by atoms with Crippen LogP contribution in [-0.4, -0.2) is 35.0 Å². The van der Waals surface area contributed by atoms with Crippen molar-refractivity contribution in [3.05, 3.63) is 56.7 Å². The first kappa shape index (κ1) is 15.2. The Morgan fingerprint density at radius 1 is 1.23 bits per heavy atom. The van der Waals surface area contributed by atoms with Crippen molar-refractivity contribution < 1.29 is 14.7 Å². The van der Waals surface area contributed by atoms with Gasteiger partial charge in [0.1, 0.15) is 0 Å². The normalized spacial score (nSPS) is 21.0. The van der Waals surface area contributed by atoms with Gasteiger partial charge in [-0.15, -0.1) is 11.3 Å². The van der Waals surface area contributed by atoms with E-state index in [1.165, 1.54) is 11.3 Å². The van der Waals surface area contributed by atoms with Crippen LogP contribution < -0.4 is 0 Å². The number of likely N-dealkylation sites (tertiary alicyclic amines) is 1. The third-order valence-electron chi connectivity index (χ3n) is 3.93. The summed E-state index contributed by atoms with van der Waals surface area (Å²) >= 11 is 4.70. The number of benzene rings is 1. The predicted octanol–water partition coefficient (Wildman–Crippen LogP) is 3.45. The molecule has 0 bridgehead atoms. The van der Waals surface area contributed by atoms with E-state index in [1.807, 2.05) is 35.7 Å². The summed E-state index contributed by atoms with van der Waals surface area (Å²) in [5.41, 5.74) is 0.970. The van der Waals surface area contributed by atoms with Gasteiger partial charge in [0.05, 0.1) is 10.8 Å². The van der Waals surface area contributed by atoms with E-state index in [0.717, 1.165) is 10.0 Å². The topological polar surface area (TPSA) is 57.6 Å². The van der Waals surface area contributed by atoms with Crippen LogP contribution in [0.1, 0.15) is 21.2 Å². The van der Waals surface area contributed by atoms with E-state index < -0.39 is 11.9 Å². The summed E-state index contributed by atoms with van der Waals surface area (Å²) in [6, 6.07) is 11.3. The molecule has 1 fully saturated rings. The van der Waals surface area contributed by atoms with Crippen molar-refractivity contribution in [3.8, 4) is 0 Å². The monoisotopic (exact) mass is 379 g/mol. The lowest BCUT2D eigenvalue weighted by Gasteiger charge is -2.15. The molecule has 0 unspecified atom stereocenters. The summed E-state index contributed by atoms with van der Waals surface area (Å²) < 4.78 is 0.870. The van der Waals surface area contributed by atoms with Gasteiger partial charge in [0.2, 0.25) is 0 Å². The summed E-state index contributed by atoms with van der Waals surface area (Å²) in [4.78, 5) is 26.4. The number of nitrogens with zero attached hydrogens (tertiary/aromatic N) is 1. The molecule has 0 saturated carbocycles. The largest absolute Gasteiger partial charge is 0.481 e. The quantitative estimate of drug-likeness (QED) is 0.888. The minimum atomic E-state index is -0.850. The Kier molecular flexibility index (Phi) is 4.31. The lowest BCUT2D eigenvalue weighted by molar-refractivity contribution is -0.141. The van der Waals surface area contributed by atoms with Gasteiger partial charge in [-0.2, -0.15) is 0 Å². The summed E-state index contributed by atoms with van der Waals surface area (Å²) in [5, 5.41) is 11.3. The Morgan fingerprint density at radius 2 is 1.95 bits per heavy atom. The van der Waals surface area contributed by atoms with Gasteiger partial charge < -0.3 is 10.0 Å². The zero-order chi connectivity index (χ0) is 15.7. The fourth-order valence-electron chi connectivity index (χ4n) is 2.84. The highest BCUT2D eigenvalue weighted by Gasteiger charge is 2.40. The van der Waals surface area contributed by atoms with Crippen molar-refractivity contribution >= 4 is 39.1 Å². The number of hydrogen-bond donors (Lipinski definition) is 1. The van der Waals surface area contributed by atoms with Gasteiger partial charge in [-0.1, -0.05) is 30.3 Å². The van der Waals surface area contributed by atoms with Gasteiger partial charge in [-0.05, 0) is 27.6 Å². The number of halogens is 1. The number of carbonyl (C=O) groups excluding carboxylic acids is 1. The minimum Gasteiger partial charge on any atom is -0.481 e. The highest BCUT2D eigenvalue weighted by Crippen LogP contribution is 2.34. The summed E-state index contributed by atoms with van der Waals surface area (Å²) in [7, 11) is 0. The van der Waals surface area contributed by atoms with Gasteiger partial charge in [0, 0.05) is 28.9 Å². The molecule has 2 heterocycles. The highest BCUT2D eigenvalue weighted by molar-refractivity contribution is 9.10. The van der Waals surface area contributed by atoms with E-state index in [9.17, 15) is 14.7 Å². The van der Waals surface area contributed by atoms with Crippen LogP contribution in [0.4, 0.5) is 0 Å². The number of carboxylic acid groups (broad SMARTS) is 1. The molecule has 0 spiro atoms. The molecule has 1 aromatic carbocycles. The number of aliphatic carboxylic acids is 1. The van der Waals surface area contributed by atoms with E-state index >= 15 is 0 Å². The zero-order valence-corrected chi connectivity index (χ0v) is 14.0. The summed E-state index contributed by atoms with van der Waals surface area (Å²) in [6.45, 7) is 0.693. The van der Waals surface area contributed by atoms with Crippen LogP contribution in [0.2, 0.25) is 0 Å². The third kappa shape index (κ3) is 2.94. The number of carbonyl (C=O) groups is 2. The molecule has 1 aliphatic rings. The van der Waals surface area contributed by atoms with Crippen molar-refractivity contribution in [3.63, 3.8) is 0 Å². The lowest BCUT2D eigenvalue weighted by Crippen LogP contribution is -2.29. The van der Waals surface area contributed by atoms with Crippen LogP contribution in [0, 0.1) is 5.92 Å². The predicted molar refractivity (Wildman–Crippen MR) is 88.2 cm³/mol. The number of rotatable bonds is 3. The van der Waals surface area contributed by atoms with E-state index in [4.69, 9.17) is 0 Å². The lowest BCUT2D eigenvalue weighted by atomic mass is 9.89. The first-order valence-corrected chi connectivity index (χ1v) is 8.54. The van der Waals surface area contributed by atoms with Crippen molar-refractivity contribution in [2.45, 2.75) is 5.92 Å². The van der Waals surface area contributed by atoms with Crippen molar-refractivity contribution in [1.82, 2.24) is 4.90 Å². The van der Waals surface area contributed by atoms with Gasteiger partial charge in [0.25, 0.3) is 5.91 Å². The molecule has 6 heteroatoms. The van der Waals surface area contributed by atoms with Gasteiger partial charge in [-0.3, -0.25) is 9.59 Å². The van der Waals surface area contributed by atoms with Crippen molar-refractivity contribution in [2.24, 2.45) is 5.92 Å². The van der Waals surface area contributed by atoms with Crippen LogP contribution in [-0.2, 0) is 4.79 Å². The SMILES string of the molecule is O=C(O)[C@@H]1CN(C(=O)c2cc(Br)cs2)C[C@@H]1c1ccccc1. The fraction of sp³-hybridized carbons (Fsp3) is 0.250. The highest BCUT2D eigenvalue weighted by atomic mass is 79.9. The Hall–Kier alpha value is -1.66. The molecule has 22 heavy (non-hydrogen) atoms. The smallest absolute Gasteiger partial charge is 0.308 e. The molecule has 1 amide bonds. The molecule has 0 radical (unpaired) electrons. The molecule has 0 aliphatic carbocycles. The van der Waals surface area contributed by atoms with Crippen molar-refractivity contribution in [1.29, 1.82) is 0 Å². The molecule has 1 saturated heterocycles. The number of thiophene rings is 1. The number of carboxylic acids is 1. The second-order valence-electron chi connectivity index (χ2n) is 5.30. The van der Waals surface area contributed by atoms with Crippen LogP contribution in [0.5, 0.6) is 0 Å². The molecule has 1 aromatic heterocycles. The van der Waals surface area contributed by atoms with Gasteiger partial charge in [-0.25, -0.2) is 0 Å². The molecule has 4 nitrogen and oxygen atoms in total. The average molecular weight is 380 g/mol. The maximum absolute atomic E-state index is 12.5. The van der Waals surface area contributed by atoms with E-state index in [1.54, 1.807) is 11.0 Å². The molecule has 2 atom stereocenters. The Morgan fingerprint density at radius 3 is 2.55 bits per heavy atom. The summed E-state index contributed by atoms with van der Waals surface area (Å²) in [5.74, 6) is -1.67. The zero-order valence-electron chi connectivity index (χ0n) is 11.6. The maximum atomic E-state index is 12.5. The molecular weight excluding hydrogens is 366 g/mol. The van der Waals surface area contributed by atoms with Crippen molar-refractivity contribution in [2.75, 3.05) is 13.1 Å². The average Bonchev–Trinajstić information content (AvgIpc) is 3.14. The molecular formula is C16H14BrNO3S. The Balaban J connectivity index is 1.84. The standard InChI is InChI=1S/C16H14BrNO3S/c17-11-6-14(22-9-11)15(19)18-7-12(13(8-18)16(20)21)10-4-2-1-3-5-10/h1-6,9,12-13H,7-8H2,(H,20,21)/t12-,13-/m1/s1. The maximum Gasteiger partial charge on any atom is 0.308 e. The fourth-order valence-corrected chi connectivity index (χ4v) is 4.23. The second kappa shape index (κ2) is 6.22. The minimum absolute atomic E-state index is 0.0969. The Bertz CT molecular complexity index is 700. The molecule has 1 N–H and O–H groups in total. The second-order valence-corrected chi connectivity index (χ2v) is 7.13. The van der Waals surface area contributed by atoms with Crippen LogP contribution in [0.25, 0.3) is 0 Å². The van der Waals surface area contributed by atoms with Crippen LogP contribution in [0.3, 0.4) is 0 Å². The molecule has 2 aromatic rings. The molecule has 114 valence electrons. The third-order valence-corrected chi connectivity index (χ3v) is 5.61. The first-order chi connectivity index (χ1) is 10.6.